The van der Waals surface area contributed by atoms with Crippen molar-refractivity contribution < 1.29 is 19.4 Å². The summed E-state index contributed by atoms with van der Waals surface area (Å²) in [6.07, 6.45) is 6.33. The number of ether oxygens (including phenoxy) is 2. The number of benzene rings is 1. The van der Waals surface area contributed by atoms with Gasteiger partial charge in [0.05, 0.1) is 6.08 Å². The molecule has 1 unspecified atom stereocenters. The van der Waals surface area contributed by atoms with Crippen molar-refractivity contribution in [3.05, 3.63) is 59.9 Å². The van der Waals surface area contributed by atoms with Gasteiger partial charge in [-0.2, -0.15) is 0 Å². The Morgan fingerprint density at radius 3 is 2.76 bits per heavy atom. The molecule has 0 fully saturated rings. The maximum absolute atomic E-state index is 11.1. The van der Waals surface area contributed by atoms with Crippen LogP contribution in [0.5, 0.6) is 5.75 Å². The molecule has 0 spiro atoms. The zero-order chi connectivity index (χ0) is 14.8. The van der Waals surface area contributed by atoms with Gasteiger partial charge in [-0.05, 0) is 17.7 Å². The summed E-state index contributed by atoms with van der Waals surface area (Å²) in [4.78, 5) is 12.0. The number of aliphatic hydroxyl groups excluding tert-OH is 1. The van der Waals surface area contributed by atoms with E-state index in [1.807, 2.05) is 36.4 Å². The Morgan fingerprint density at radius 1 is 1.29 bits per heavy atom. The van der Waals surface area contributed by atoms with Crippen molar-refractivity contribution in [1.82, 2.24) is 0 Å². The second-order valence-electron chi connectivity index (χ2n) is 4.60. The highest BCUT2D eigenvalue weighted by Gasteiger charge is 2.26. The number of carbonyl (C=O) groups excluding carboxylic acids is 1. The maximum atomic E-state index is 11.1. The van der Waals surface area contributed by atoms with E-state index in [9.17, 15) is 9.90 Å². The van der Waals surface area contributed by atoms with E-state index in [2.05, 4.69) is 4.74 Å². The average molecular weight is 300 g/mol. The molecule has 1 N–H and O–H groups in total. The molecule has 21 heavy (non-hydrogen) atoms. The molecule has 106 valence electrons. The number of carbonyl (C=O) groups is 1. The molecular weight excluding hydrogens is 288 g/mol. The Bertz CT molecular complexity index is 700. The number of allylic oxidation sites excluding steroid dienone is 4. The van der Waals surface area contributed by atoms with Crippen LogP contribution in [0.25, 0.3) is 5.57 Å². The van der Waals surface area contributed by atoms with Crippen LogP contribution in [0.15, 0.2) is 54.3 Å². The SMILES string of the molecule is O=C1C=C(Oc2ccccc2C2=CCC(=S)C=C2)C(O)O1. The van der Waals surface area contributed by atoms with Gasteiger partial charge in [-0.15, -0.1) is 0 Å². The van der Waals surface area contributed by atoms with Crippen molar-refractivity contribution in [3.8, 4) is 5.75 Å². The van der Waals surface area contributed by atoms with E-state index in [1.54, 1.807) is 6.07 Å². The average Bonchev–Trinajstić information content (AvgIpc) is 2.79. The lowest BCUT2D eigenvalue weighted by molar-refractivity contribution is -0.153. The molecule has 2 aliphatic rings. The number of thiocarbonyl (C=S) groups is 1. The third-order valence-corrected chi connectivity index (χ3v) is 3.43. The first-order valence-electron chi connectivity index (χ1n) is 6.42. The summed E-state index contributed by atoms with van der Waals surface area (Å²) in [6, 6.07) is 7.39. The lowest BCUT2D eigenvalue weighted by Crippen LogP contribution is -2.14. The number of cyclic esters (lactones) is 1. The lowest BCUT2D eigenvalue weighted by Gasteiger charge is -2.15. The molecule has 4 nitrogen and oxygen atoms in total. The molecule has 1 aliphatic carbocycles. The molecule has 0 radical (unpaired) electrons. The van der Waals surface area contributed by atoms with Gasteiger partial charge in [-0.1, -0.05) is 42.6 Å². The van der Waals surface area contributed by atoms with Crippen LogP contribution in [-0.4, -0.2) is 22.2 Å². The van der Waals surface area contributed by atoms with Gasteiger partial charge in [0.25, 0.3) is 6.29 Å². The van der Waals surface area contributed by atoms with Crippen LogP contribution >= 0.6 is 12.2 Å². The van der Waals surface area contributed by atoms with Gasteiger partial charge in [-0.3, -0.25) is 0 Å². The summed E-state index contributed by atoms with van der Waals surface area (Å²) < 4.78 is 10.2. The van der Waals surface area contributed by atoms with Gasteiger partial charge in [0.15, 0.2) is 5.76 Å². The summed E-state index contributed by atoms with van der Waals surface area (Å²) in [5, 5.41) is 9.57. The number of para-hydroxylation sites is 1. The van der Waals surface area contributed by atoms with Crippen molar-refractivity contribution >= 4 is 28.6 Å². The predicted molar refractivity (Wildman–Crippen MR) is 81.6 cm³/mol. The number of aliphatic hydroxyl groups is 1. The third kappa shape index (κ3) is 2.94. The van der Waals surface area contributed by atoms with Crippen LogP contribution in [0, 0.1) is 0 Å². The van der Waals surface area contributed by atoms with Crippen molar-refractivity contribution in [2.75, 3.05) is 0 Å². The van der Waals surface area contributed by atoms with Crippen LogP contribution in [0.1, 0.15) is 12.0 Å². The van der Waals surface area contributed by atoms with Crippen LogP contribution in [-0.2, 0) is 9.53 Å². The molecule has 0 aromatic heterocycles. The first kappa shape index (κ1) is 13.7. The summed E-state index contributed by atoms with van der Waals surface area (Å²) in [6.45, 7) is 0. The van der Waals surface area contributed by atoms with Gasteiger partial charge in [-0.25, -0.2) is 4.79 Å². The minimum atomic E-state index is -1.35. The predicted octanol–water partition coefficient (Wildman–Crippen LogP) is 2.54. The summed E-state index contributed by atoms with van der Waals surface area (Å²) in [5.74, 6) is 0.0188. The molecule has 5 heteroatoms. The normalized spacial score (nSPS) is 20.9. The summed E-state index contributed by atoms with van der Waals surface area (Å²) in [7, 11) is 0. The van der Waals surface area contributed by atoms with Crippen LogP contribution in [0.3, 0.4) is 0 Å². The summed E-state index contributed by atoms with van der Waals surface area (Å²) in [5.41, 5.74) is 1.85. The van der Waals surface area contributed by atoms with Crippen molar-refractivity contribution in [2.24, 2.45) is 0 Å². The van der Waals surface area contributed by atoms with Crippen molar-refractivity contribution in [1.29, 1.82) is 0 Å². The van der Waals surface area contributed by atoms with Gasteiger partial charge < -0.3 is 14.6 Å². The Morgan fingerprint density at radius 2 is 2.10 bits per heavy atom. The smallest absolute Gasteiger partial charge is 0.337 e. The fraction of sp³-hybridized carbons (Fsp3) is 0.125. The second kappa shape index (κ2) is 5.63. The van der Waals surface area contributed by atoms with Crippen LogP contribution in [0.2, 0.25) is 0 Å². The number of rotatable bonds is 3. The van der Waals surface area contributed by atoms with E-state index < -0.39 is 12.3 Å². The highest BCUT2D eigenvalue weighted by molar-refractivity contribution is 7.80. The zero-order valence-corrected chi connectivity index (χ0v) is 11.8. The van der Waals surface area contributed by atoms with Gasteiger partial charge in [0.1, 0.15) is 5.75 Å². The van der Waals surface area contributed by atoms with Gasteiger partial charge in [0, 0.05) is 16.8 Å². The Labute approximate surface area is 127 Å². The van der Waals surface area contributed by atoms with E-state index in [-0.39, 0.29) is 5.76 Å². The molecule has 0 saturated carbocycles. The quantitative estimate of drug-likeness (QED) is 0.687. The number of esters is 1. The fourth-order valence-corrected chi connectivity index (χ4v) is 2.27. The van der Waals surface area contributed by atoms with Crippen molar-refractivity contribution in [3.63, 3.8) is 0 Å². The minimum absolute atomic E-state index is 0.0864. The second-order valence-corrected chi connectivity index (χ2v) is 5.12. The molecule has 0 bridgehead atoms. The fourth-order valence-electron chi connectivity index (χ4n) is 2.12. The third-order valence-electron chi connectivity index (χ3n) is 3.13. The highest BCUT2D eigenvalue weighted by Crippen LogP contribution is 2.31. The van der Waals surface area contributed by atoms with E-state index in [0.29, 0.717) is 12.2 Å². The lowest BCUT2D eigenvalue weighted by atomic mass is 9.99. The molecule has 0 saturated heterocycles. The van der Waals surface area contributed by atoms with Crippen LogP contribution in [0.4, 0.5) is 0 Å². The van der Waals surface area contributed by atoms with E-state index in [1.165, 1.54) is 0 Å². The van der Waals surface area contributed by atoms with E-state index >= 15 is 0 Å². The van der Waals surface area contributed by atoms with E-state index in [4.69, 9.17) is 17.0 Å². The molecule has 0 amide bonds. The molecule has 1 aromatic rings. The summed E-state index contributed by atoms with van der Waals surface area (Å²) >= 11 is 5.13. The minimum Gasteiger partial charge on any atom is -0.454 e. The number of hydrogen-bond acceptors (Lipinski definition) is 5. The monoisotopic (exact) mass is 300 g/mol. The zero-order valence-electron chi connectivity index (χ0n) is 11.0. The highest BCUT2D eigenvalue weighted by atomic mass is 32.1. The standard InChI is InChI=1S/C16H12O4S/c17-15-9-14(16(18)20-15)19-13-4-2-1-3-12(13)10-5-7-11(21)8-6-10/h1-7,9,16,18H,8H2. The Balaban J connectivity index is 1.90. The number of hydrogen-bond donors (Lipinski definition) is 1. The van der Waals surface area contributed by atoms with Crippen molar-refractivity contribution in [2.45, 2.75) is 12.7 Å². The maximum Gasteiger partial charge on any atom is 0.337 e. The first-order chi connectivity index (χ1) is 10.1. The Hall–Kier alpha value is -2.24. The molecule has 1 aromatic carbocycles. The molecule has 1 heterocycles. The molecule has 3 rings (SSSR count). The molecular formula is C16H12O4S. The Kier molecular flexibility index (Phi) is 3.68. The van der Waals surface area contributed by atoms with Gasteiger partial charge >= 0.3 is 5.97 Å². The largest absolute Gasteiger partial charge is 0.454 e. The van der Waals surface area contributed by atoms with E-state index in [0.717, 1.165) is 22.1 Å². The molecule has 1 aliphatic heterocycles. The first-order valence-corrected chi connectivity index (χ1v) is 6.83. The van der Waals surface area contributed by atoms with Crippen LogP contribution < -0.4 is 4.74 Å². The van der Waals surface area contributed by atoms with Gasteiger partial charge in [0.2, 0.25) is 0 Å². The molecule has 1 atom stereocenters. The topological polar surface area (TPSA) is 55.8 Å².